The number of aliphatic hydroxyl groups is 1. The number of likely N-dealkylation sites (N-methyl/N-ethyl adjacent to an activating group) is 1. The summed E-state index contributed by atoms with van der Waals surface area (Å²) in [4.78, 5) is 14.6. The van der Waals surface area contributed by atoms with Crippen LogP contribution in [0.3, 0.4) is 0 Å². The molecule has 2 aliphatic rings. The van der Waals surface area contributed by atoms with Gasteiger partial charge in [0.05, 0.1) is 5.57 Å². The molecule has 0 aromatic heterocycles. The van der Waals surface area contributed by atoms with E-state index in [9.17, 15) is 9.90 Å². The summed E-state index contributed by atoms with van der Waals surface area (Å²) < 4.78 is 6.12. The van der Waals surface area contributed by atoms with Gasteiger partial charge in [0, 0.05) is 24.9 Å². The van der Waals surface area contributed by atoms with Crippen LogP contribution in [0.2, 0.25) is 0 Å². The summed E-state index contributed by atoms with van der Waals surface area (Å²) in [6.45, 7) is 3.95. The third kappa shape index (κ3) is 2.91. The third-order valence-electron chi connectivity index (χ3n) is 5.59. The standard InChI is InChI=1S/C23H23NO3/c1-15-8-10-16(11-9-15)12-13-19(25)21-18-14-23(2,24(3)22(21)26)27-20-7-5-4-6-17(18)20/h4-13,18,25H,14H2,1-3H3/b13-12+,21-19+. The van der Waals surface area contributed by atoms with E-state index >= 15 is 0 Å². The highest BCUT2D eigenvalue weighted by Crippen LogP contribution is 2.49. The van der Waals surface area contributed by atoms with Crippen molar-refractivity contribution in [3.63, 3.8) is 0 Å². The highest BCUT2D eigenvalue weighted by molar-refractivity contribution is 5.98. The summed E-state index contributed by atoms with van der Waals surface area (Å²) in [6.07, 6.45) is 4.06. The number of piperidine rings is 1. The van der Waals surface area contributed by atoms with E-state index in [0.29, 0.717) is 12.0 Å². The van der Waals surface area contributed by atoms with E-state index in [2.05, 4.69) is 0 Å². The average molecular weight is 361 g/mol. The predicted octanol–water partition coefficient (Wildman–Crippen LogP) is 4.57. The zero-order valence-corrected chi connectivity index (χ0v) is 15.8. The molecule has 1 fully saturated rings. The van der Waals surface area contributed by atoms with E-state index in [1.165, 1.54) is 5.56 Å². The zero-order valence-electron chi connectivity index (χ0n) is 15.8. The summed E-state index contributed by atoms with van der Waals surface area (Å²) in [6, 6.07) is 15.7. The minimum atomic E-state index is -0.708. The number of hydrogen-bond acceptors (Lipinski definition) is 3. The first-order valence-corrected chi connectivity index (χ1v) is 9.13. The molecule has 0 saturated carbocycles. The lowest BCUT2D eigenvalue weighted by Gasteiger charge is -2.49. The fourth-order valence-corrected chi connectivity index (χ4v) is 3.87. The number of rotatable bonds is 2. The van der Waals surface area contributed by atoms with Gasteiger partial charge in [0.15, 0.2) is 5.72 Å². The quantitative estimate of drug-likeness (QED) is 0.629. The number of amides is 1. The molecule has 2 aliphatic heterocycles. The molecule has 4 nitrogen and oxygen atoms in total. The number of likely N-dealkylation sites (tertiary alicyclic amines) is 1. The average Bonchev–Trinajstić information content (AvgIpc) is 2.66. The molecule has 2 atom stereocenters. The monoisotopic (exact) mass is 361 g/mol. The van der Waals surface area contributed by atoms with Crippen LogP contribution in [0.4, 0.5) is 0 Å². The van der Waals surface area contributed by atoms with Crippen molar-refractivity contribution in [2.24, 2.45) is 0 Å². The van der Waals surface area contributed by atoms with Crippen LogP contribution in [0, 0.1) is 6.92 Å². The number of aryl methyl sites for hydroxylation is 1. The Labute approximate surface area is 159 Å². The Hall–Kier alpha value is -3.01. The molecule has 4 heteroatoms. The molecule has 2 heterocycles. The second-order valence-electron chi connectivity index (χ2n) is 7.48. The van der Waals surface area contributed by atoms with Gasteiger partial charge in [-0.1, -0.05) is 54.1 Å². The summed E-state index contributed by atoms with van der Waals surface area (Å²) >= 11 is 0. The molecule has 2 bridgehead atoms. The fourth-order valence-electron chi connectivity index (χ4n) is 3.87. The molecule has 1 N–H and O–H groups in total. The Morgan fingerprint density at radius 2 is 1.93 bits per heavy atom. The van der Waals surface area contributed by atoms with Crippen LogP contribution in [-0.2, 0) is 4.79 Å². The Morgan fingerprint density at radius 3 is 2.67 bits per heavy atom. The van der Waals surface area contributed by atoms with E-state index in [0.717, 1.165) is 16.9 Å². The van der Waals surface area contributed by atoms with Gasteiger partial charge in [-0.3, -0.25) is 4.79 Å². The molecule has 138 valence electrons. The first kappa shape index (κ1) is 17.4. The molecule has 0 aliphatic carbocycles. The molecule has 2 unspecified atom stereocenters. The van der Waals surface area contributed by atoms with Crippen molar-refractivity contribution >= 4 is 12.0 Å². The van der Waals surface area contributed by atoms with E-state index in [-0.39, 0.29) is 17.6 Å². The molecule has 1 amide bonds. The first-order valence-electron chi connectivity index (χ1n) is 9.13. The zero-order chi connectivity index (χ0) is 19.2. The minimum absolute atomic E-state index is 0.0104. The van der Waals surface area contributed by atoms with Gasteiger partial charge in [0.2, 0.25) is 0 Å². The normalized spacial score (nSPS) is 26.0. The number of aliphatic hydroxyl groups excluding tert-OH is 1. The van der Waals surface area contributed by atoms with Crippen LogP contribution < -0.4 is 4.74 Å². The van der Waals surface area contributed by atoms with E-state index in [1.807, 2.05) is 68.5 Å². The lowest BCUT2D eigenvalue weighted by atomic mass is 9.77. The van der Waals surface area contributed by atoms with Crippen LogP contribution in [0.1, 0.15) is 36.0 Å². The molecule has 1 saturated heterocycles. The fraction of sp³-hybridized carbons (Fsp3) is 0.261. The summed E-state index contributed by atoms with van der Waals surface area (Å²) in [5.74, 6) is 0.389. The van der Waals surface area contributed by atoms with E-state index in [4.69, 9.17) is 4.74 Å². The summed E-state index contributed by atoms with van der Waals surface area (Å²) in [5.41, 5.74) is 2.81. The molecule has 2 aromatic carbocycles. The summed E-state index contributed by atoms with van der Waals surface area (Å²) in [5, 5.41) is 10.8. The molecule has 2 aromatic rings. The van der Waals surface area contributed by atoms with Crippen molar-refractivity contribution in [2.45, 2.75) is 31.9 Å². The predicted molar refractivity (Wildman–Crippen MR) is 105 cm³/mol. The van der Waals surface area contributed by atoms with Crippen molar-refractivity contribution in [2.75, 3.05) is 7.05 Å². The van der Waals surface area contributed by atoms with Crippen LogP contribution in [0.15, 0.2) is 65.9 Å². The van der Waals surface area contributed by atoms with Gasteiger partial charge < -0.3 is 14.7 Å². The smallest absolute Gasteiger partial charge is 0.256 e. The van der Waals surface area contributed by atoms with Crippen LogP contribution in [-0.4, -0.2) is 28.7 Å². The highest BCUT2D eigenvalue weighted by Gasteiger charge is 2.50. The van der Waals surface area contributed by atoms with Gasteiger partial charge in [-0.2, -0.15) is 0 Å². The highest BCUT2D eigenvalue weighted by atomic mass is 16.5. The third-order valence-corrected chi connectivity index (χ3v) is 5.59. The van der Waals surface area contributed by atoms with Crippen molar-refractivity contribution in [3.8, 4) is 5.75 Å². The number of allylic oxidation sites excluding steroid dienone is 1. The molecule has 4 rings (SSSR count). The Kier molecular flexibility index (Phi) is 4.06. The lowest BCUT2D eigenvalue weighted by molar-refractivity contribution is -0.153. The maximum atomic E-state index is 13.0. The second-order valence-corrected chi connectivity index (χ2v) is 7.48. The maximum absolute atomic E-state index is 13.0. The van der Waals surface area contributed by atoms with Gasteiger partial charge in [-0.15, -0.1) is 0 Å². The molecule has 0 spiro atoms. The molecular formula is C23H23NO3. The Bertz CT molecular complexity index is 958. The first-order chi connectivity index (χ1) is 12.9. The van der Waals surface area contributed by atoms with Crippen molar-refractivity contribution in [1.82, 2.24) is 4.90 Å². The van der Waals surface area contributed by atoms with E-state index < -0.39 is 5.72 Å². The van der Waals surface area contributed by atoms with Crippen LogP contribution >= 0.6 is 0 Å². The number of hydrogen-bond donors (Lipinski definition) is 1. The number of ether oxygens (including phenoxy) is 1. The van der Waals surface area contributed by atoms with E-state index in [1.54, 1.807) is 18.0 Å². The number of nitrogens with zero attached hydrogens (tertiary/aromatic N) is 1. The van der Waals surface area contributed by atoms with Gasteiger partial charge in [-0.25, -0.2) is 0 Å². The van der Waals surface area contributed by atoms with Gasteiger partial charge in [-0.05, 0) is 31.6 Å². The SMILES string of the molecule is Cc1ccc(/C=C/C(O)=C2\C(=O)N(C)C3(C)CC2c2ccccc2O3)cc1. The van der Waals surface area contributed by atoms with Crippen molar-refractivity contribution in [3.05, 3.63) is 82.6 Å². The lowest BCUT2D eigenvalue weighted by Crippen LogP contribution is -2.59. The number of carbonyl (C=O) groups is 1. The van der Waals surface area contributed by atoms with Gasteiger partial charge in [0.25, 0.3) is 5.91 Å². The molecular weight excluding hydrogens is 338 g/mol. The topological polar surface area (TPSA) is 49.8 Å². The number of carbonyl (C=O) groups excluding carboxylic acids is 1. The van der Waals surface area contributed by atoms with Crippen molar-refractivity contribution in [1.29, 1.82) is 0 Å². The molecule has 0 radical (unpaired) electrons. The van der Waals surface area contributed by atoms with Gasteiger partial charge >= 0.3 is 0 Å². The maximum Gasteiger partial charge on any atom is 0.256 e. The minimum Gasteiger partial charge on any atom is -0.507 e. The Balaban J connectivity index is 1.78. The number of para-hydroxylation sites is 1. The number of fused-ring (bicyclic) bond motifs is 4. The molecule has 27 heavy (non-hydrogen) atoms. The second kappa shape index (κ2) is 6.31. The van der Waals surface area contributed by atoms with Crippen LogP contribution in [0.5, 0.6) is 5.75 Å². The van der Waals surface area contributed by atoms with Crippen molar-refractivity contribution < 1.29 is 14.6 Å². The Morgan fingerprint density at radius 1 is 1.22 bits per heavy atom. The van der Waals surface area contributed by atoms with Gasteiger partial charge in [0.1, 0.15) is 11.5 Å². The summed E-state index contributed by atoms with van der Waals surface area (Å²) in [7, 11) is 1.73. The number of benzene rings is 2. The van der Waals surface area contributed by atoms with Crippen LogP contribution in [0.25, 0.3) is 6.08 Å². The largest absolute Gasteiger partial charge is 0.507 e.